The van der Waals surface area contributed by atoms with Crippen LogP contribution in [0.4, 0.5) is 0 Å². The molecule has 0 amide bonds. The molecule has 1 fully saturated rings. The number of rotatable bonds is 11. The van der Waals surface area contributed by atoms with E-state index in [1.54, 1.807) is 13.4 Å². The number of hydrogen-bond donors (Lipinski definition) is 2. The van der Waals surface area contributed by atoms with E-state index in [4.69, 9.17) is 18.9 Å². The Morgan fingerprint density at radius 3 is 2.64 bits per heavy atom. The van der Waals surface area contributed by atoms with Crippen molar-refractivity contribution in [3.63, 3.8) is 0 Å². The van der Waals surface area contributed by atoms with Crippen molar-refractivity contribution in [3.8, 4) is 0 Å². The van der Waals surface area contributed by atoms with Crippen molar-refractivity contribution in [2.45, 2.75) is 32.7 Å². The van der Waals surface area contributed by atoms with Crippen LogP contribution in [0.2, 0.25) is 0 Å². The maximum absolute atomic E-state index is 5.51. The molecular weight excluding hydrogens is 471 g/mol. The van der Waals surface area contributed by atoms with Gasteiger partial charge in [0.25, 0.3) is 0 Å². The summed E-state index contributed by atoms with van der Waals surface area (Å²) in [6, 6.07) is 4.36. The summed E-state index contributed by atoms with van der Waals surface area (Å²) in [5.41, 5.74) is 0. The van der Waals surface area contributed by atoms with Gasteiger partial charge in [0.05, 0.1) is 32.6 Å². The summed E-state index contributed by atoms with van der Waals surface area (Å²) >= 11 is 0. The summed E-state index contributed by atoms with van der Waals surface area (Å²) in [6.07, 6.45) is 3.68. The van der Waals surface area contributed by atoms with Crippen molar-refractivity contribution in [2.75, 3.05) is 59.7 Å². The Morgan fingerprint density at radius 1 is 1.25 bits per heavy atom. The highest BCUT2D eigenvalue weighted by atomic mass is 127. The third kappa shape index (κ3) is 10.1. The molecule has 2 N–H and O–H groups in total. The van der Waals surface area contributed by atoms with Gasteiger partial charge in [-0.05, 0) is 24.5 Å². The maximum atomic E-state index is 5.51. The lowest BCUT2D eigenvalue weighted by Gasteiger charge is -2.34. The number of morpholine rings is 1. The molecule has 0 aromatic carbocycles. The van der Waals surface area contributed by atoms with Gasteiger partial charge in [0.1, 0.15) is 5.76 Å². The van der Waals surface area contributed by atoms with Crippen LogP contribution < -0.4 is 10.6 Å². The molecule has 0 bridgehead atoms. The van der Waals surface area contributed by atoms with Crippen LogP contribution in [0.25, 0.3) is 0 Å². The van der Waals surface area contributed by atoms with Crippen molar-refractivity contribution < 1.29 is 13.9 Å². The zero-order valence-electron chi connectivity index (χ0n) is 17.5. The normalized spacial score (nSPS) is 16.6. The largest absolute Gasteiger partial charge is 0.469 e. The molecule has 0 radical (unpaired) electrons. The average molecular weight is 508 g/mol. The van der Waals surface area contributed by atoms with Gasteiger partial charge in [-0.3, -0.25) is 9.89 Å². The molecule has 1 unspecified atom stereocenters. The first-order valence-electron chi connectivity index (χ1n) is 10.0. The van der Waals surface area contributed by atoms with Gasteiger partial charge >= 0.3 is 0 Å². The Morgan fingerprint density at radius 2 is 2.00 bits per heavy atom. The second-order valence-corrected chi connectivity index (χ2v) is 7.30. The van der Waals surface area contributed by atoms with Crippen LogP contribution in [0.5, 0.6) is 0 Å². The molecule has 0 saturated carbocycles. The van der Waals surface area contributed by atoms with Crippen molar-refractivity contribution in [3.05, 3.63) is 24.2 Å². The number of nitrogens with zero attached hydrogens (tertiary/aromatic N) is 2. The molecule has 2 rings (SSSR count). The highest BCUT2D eigenvalue weighted by Gasteiger charge is 2.21. The highest BCUT2D eigenvalue weighted by molar-refractivity contribution is 14.0. The smallest absolute Gasteiger partial charge is 0.191 e. The molecule has 2 heterocycles. The SMILES string of the molecule is COCCNC(=NCC(CC(C)C)N1CCOCC1)NCCc1ccco1.I. The maximum Gasteiger partial charge on any atom is 0.191 e. The predicted octanol–water partition coefficient (Wildman–Crippen LogP) is 2.37. The lowest BCUT2D eigenvalue weighted by molar-refractivity contribution is 0.0143. The highest BCUT2D eigenvalue weighted by Crippen LogP contribution is 2.14. The molecule has 7 nitrogen and oxygen atoms in total. The first kappa shape index (κ1) is 25.2. The fourth-order valence-corrected chi connectivity index (χ4v) is 3.23. The molecule has 0 spiro atoms. The second kappa shape index (κ2) is 15.1. The van der Waals surface area contributed by atoms with E-state index in [1.165, 1.54) is 0 Å². The second-order valence-electron chi connectivity index (χ2n) is 7.30. The summed E-state index contributed by atoms with van der Waals surface area (Å²) in [7, 11) is 1.71. The standard InChI is InChI=1S/C20H36N4O3.HI/c1-17(2)15-18(24-9-13-26-14-10-24)16-23-20(22-8-12-25-3)21-7-6-19-5-4-11-27-19;/h4-5,11,17-18H,6-10,12-16H2,1-3H3,(H2,21,22,23);1H. The van der Waals surface area contributed by atoms with Gasteiger partial charge in [0, 0.05) is 45.8 Å². The van der Waals surface area contributed by atoms with Crippen LogP contribution in [-0.4, -0.2) is 76.6 Å². The summed E-state index contributed by atoms with van der Waals surface area (Å²) in [6.45, 7) is 11.1. The fourth-order valence-electron chi connectivity index (χ4n) is 3.23. The number of aliphatic imine (C=N–C) groups is 1. The minimum absolute atomic E-state index is 0. The summed E-state index contributed by atoms with van der Waals surface area (Å²) in [5.74, 6) is 2.45. The molecule has 162 valence electrons. The fraction of sp³-hybridized carbons (Fsp3) is 0.750. The Labute approximate surface area is 186 Å². The van der Waals surface area contributed by atoms with Crippen LogP contribution in [0, 0.1) is 5.92 Å². The number of hydrogen-bond acceptors (Lipinski definition) is 5. The zero-order valence-corrected chi connectivity index (χ0v) is 19.8. The molecule has 1 aromatic heterocycles. The van der Waals surface area contributed by atoms with Crippen molar-refractivity contribution in [2.24, 2.45) is 10.9 Å². The number of guanidine groups is 1. The summed E-state index contributed by atoms with van der Waals surface area (Å²) in [5, 5.41) is 6.76. The first-order chi connectivity index (χ1) is 13.2. The van der Waals surface area contributed by atoms with Gasteiger partial charge in [-0.15, -0.1) is 24.0 Å². The molecule has 1 atom stereocenters. The van der Waals surface area contributed by atoms with Crippen LogP contribution >= 0.6 is 24.0 Å². The van der Waals surface area contributed by atoms with E-state index in [1.807, 2.05) is 12.1 Å². The van der Waals surface area contributed by atoms with Crippen LogP contribution in [0.3, 0.4) is 0 Å². The van der Waals surface area contributed by atoms with Crippen molar-refractivity contribution >= 4 is 29.9 Å². The molecule has 0 aliphatic carbocycles. The zero-order chi connectivity index (χ0) is 19.3. The number of nitrogens with one attached hydrogen (secondary N) is 2. The topological polar surface area (TPSA) is 71.3 Å². The lowest BCUT2D eigenvalue weighted by Crippen LogP contribution is -2.46. The van der Waals surface area contributed by atoms with Gasteiger partial charge in [0.2, 0.25) is 0 Å². The van der Waals surface area contributed by atoms with Crippen LogP contribution in [0.1, 0.15) is 26.0 Å². The van der Waals surface area contributed by atoms with E-state index < -0.39 is 0 Å². The lowest BCUT2D eigenvalue weighted by atomic mass is 10.0. The van der Waals surface area contributed by atoms with Crippen LogP contribution in [-0.2, 0) is 15.9 Å². The predicted molar refractivity (Wildman–Crippen MR) is 124 cm³/mol. The quantitative estimate of drug-likeness (QED) is 0.207. The molecule has 1 aliphatic rings. The Kier molecular flexibility index (Phi) is 13.6. The Hall–Kier alpha value is -0.840. The van der Waals surface area contributed by atoms with Gasteiger partial charge in [-0.25, -0.2) is 0 Å². The third-order valence-electron chi connectivity index (χ3n) is 4.61. The number of methoxy groups -OCH3 is 1. The number of ether oxygens (including phenoxy) is 2. The number of furan rings is 1. The molecule has 28 heavy (non-hydrogen) atoms. The average Bonchev–Trinajstić information content (AvgIpc) is 3.18. The van der Waals surface area contributed by atoms with E-state index in [2.05, 4.69) is 29.4 Å². The van der Waals surface area contributed by atoms with E-state index in [0.717, 1.165) is 70.5 Å². The van der Waals surface area contributed by atoms with Gasteiger partial charge in [0.15, 0.2) is 5.96 Å². The van der Waals surface area contributed by atoms with Gasteiger partial charge in [-0.2, -0.15) is 0 Å². The van der Waals surface area contributed by atoms with E-state index in [-0.39, 0.29) is 24.0 Å². The van der Waals surface area contributed by atoms with Crippen LogP contribution in [0.15, 0.2) is 27.8 Å². The molecule has 8 heteroatoms. The third-order valence-corrected chi connectivity index (χ3v) is 4.61. The Balaban J connectivity index is 0.00000392. The van der Waals surface area contributed by atoms with E-state index in [0.29, 0.717) is 18.6 Å². The van der Waals surface area contributed by atoms with E-state index in [9.17, 15) is 0 Å². The van der Waals surface area contributed by atoms with E-state index >= 15 is 0 Å². The minimum atomic E-state index is 0. The van der Waals surface area contributed by atoms with Gasteiger partial charge < -0.3 is 24.5 Å². The monoisotopic (exact) mass is 508 g/mol. The summed E-state index contributed by atoms with van der Waals surface area (Å²) in [4.78, 5) is 7.39. The molecule has 1 saturated heterocycles. The minimum Gasteiger partial charge on any atom is -0.469 e. The molecule has 1 aliphatic heterocycles. The molecular formula is C20H37IN4O3. The van der Waals surface area contributed by atoms with Crippen molar-refractivity contribution in [1.82, 2.24) is 15.5 Å². The number of halogens is 1. The molecule has 1 aromatic rings. The van der Waals surface area contributed by atoms with Gasteiger partial charge in [-0.1, -0.05) is 13.8 Å². The van der Waals surface area contributed by atoms with Crippen molar-refractivity contribution in [1.29, 1.82) is 0 Å². The Bertz CT molecular complexity index is 520. The first-order valence-corrected chi connectivity index (χ1v) is 10.0. The summed E-state index contributed by atoms with van der Waals surface area (Å²) < 4.78 is 16.1.